The molecule has 0 aromatic carbocycles. The van der Waals surface area contributed by atoms with Crippen molar-refractivity contribution < 1.29 is 0 Å². The molecule has 66 valence electrons. The van der Waals surface area contributed by atoms with Crippen molar-refractivity contribution in [2.75, 3.05) is 0 Å². The second-order valence-corrected chi connectivity index (χ2v) is 3.62. The molecule has 1 heterocycles. The first-order valence-electron chi connectivity index (χ1n) is 3.95. The van der Waals surface area contributed by atoms with E-state index >= 15 is 0 Å². The normalized spacial score (nSPS) is 10.7. The summed E-state index contributed by atoms with van der Waals surface area (Å²) in [6.07, 6.45) is 3.71. The summed E-state index contributed by atoms with van der Waals surface area (Å²) >= 11 is 5.70. The molecule has 0 aliphatic heterocycles. The molecule has 1 rings (SSSR count). The molecule has 0 amide bonds. The van der Waals surface area contributed by atoms with Gasteiger partial charge >= 0.3 is 0 Å². The van der Waals surface area contributed by atoms with E-state index in [1.165, 1.54) is 0 Å². The van der Waals surface area contributed by atoms with Gasteiger partial charge in [0.05, 0.1) is 6.54 Å². The maximum absolute atomic E-state index is 5.70. The van der Waals surface area contributed by atoms with Crippen molar-refractivity contribution in [1.82, 2.24) is 9.55 Å². The van der Waals surface area contributed by atoms with Crippen molar-refractivity contribution in [3.8, 4) is 0 Å². The highest BCUT2D eigenvalue weighted by atomic mass is 35.5. The molecule has 0 bridgehead atoms. The van der Waals surface area contributed by atoms with E-state index < -0.39 is 0 Å². The molecule has 0 saturated heterocycles. The highest BCUT2D eigenvalue weighted by molar-refractivity contribution is 6.29. The van der Waals surface area contributed by atoms with E-state index in [9.17, 15) is 0 Å². The molecule has 0 spiro atoms. The minimum absolute atomic E-state index is 0.427. The van der Waals surface area contributed by atoms with Gasteiger partial charge in [0.25, 0.3) is 0 Å². The van der Waals surface area contributed by atoms with Crippen molar-refractivity contribution in [3.05, 3.63) is 29.8 Å². The van der Waals surface area contributed by atoms with Gasteiger partial charge < -0.3 is 4.57 Å². The van der Waals surface area contributed by atoms with Gasteiger partial charge in [-0.05, 0) is 0 Å². The molecule has 0 atom stereocenters. The van der Waals surface area contributed by atoms with Crippen molar-refractivity contribution >= 4 is 11.6 Å². The minimum Gasteiger partial charge on any atom is -0.329 e. The monoisotopic (exact) mass is 184 g/mol. The van der Waals surface area contributed by atoms with Crippen LogP contribution < -0.4 is 0 Å². The third-order valence-corrected chi connectivity index (χ3v) is 1.73. The summed E-state index contributed by atoms with van der Waals surface area (Å²) in [5, 5.41) is 0.634. The van der Waals surface area contributed by atoms with Crippen LogP contribution in [0.25, 0.3) is 0 Å². The summed E-state index contributed by atoms with van der Waals surface area (Å²) < 4.78 is 2.01. The van der Waals surface area contributed by atoms with Crippen molar-refractivity contribution in [3.63, 3.8) is 0 Å². The van der Waals surface area contributed by atoms with Crippen LogP contribution in [0.4, 0.5) is 0 Å². The predicted octanol–water partition coefficient (Wildman–Crippen LogP) is 2.76. The average molecular weight is 185 g/mol. The third kappa shape index (κ3) is 2.11. The van der Waals surface area contributed by atoms with Crippen molar-refractivity contribution in [2.45, 2.75) is 26.3 Å². The Morgan fingerprint density at radius 2 is 2.42 bits per heavy atom. The lowest BCUT2D eigenvalue weighted by atomic mass is 10.2. The molecule has 0 aliphatic rings. The number of halogens is 1. The van der Waals surface area contributed by atoms with E-state index in [0.29, 0.717) is 17.5 Å². The minimum atomic E-state index is 0.427. The smallest absolute Gasteiger partial charge is 0.111 e. The molecule has 1 aromatic heterocycles. The van der Waals surface area contributed by atoms with Gasteiger partial charge in [0.15, 0.2) is 0 Å². The molecule has 12 heavy (non-hydrogen) atoms. The lowest BCUT2D eigenvalue weighted by molar-refractivity contribution is 0.675. The van der Waals surface area contributed by atoms with Crippen LogP contribution in [0.15, 0.2) is 24.0 Å². The molecule has 0 N–H and O–H groups in total. The fraction of sp³-hybridized carbons (Fsp3) is 0.444. The second-order valence-electron chi connectivity index (χ2n) is 3.09. The number of aromatic nitrogens is 2. The summed E-state index contributed by atoms with van der Waals surface area (Å²) in [6, 6.07) is 0. The van der Waals surface area contributed by atoms with Gasteiger partial charge in [-0.25, -0.2) is 4.98 Å². The maximum Gasteiger partial charge on any atom is 0.111 e. The average Bonchev–Trinajstić information content (AvgIpc) is 2.33. The van der Waals surface area contributed by atoms with E-state index in [1.807, 2.05) is 10.8 Å². The van der Waals surface area contributed by atoms with Crippen LogP contribution in [0.2, 0.25) is 0 Å². The number of hydrogen-bond donors (Lipinski definition) is 0. The van der Waals surface area contributed by atoms with E-state index in [-0.39, 0.29) is 0 Å². The van der Waals surface area contributed by atoms with E-state index in [4.69, 9.17) is 11.6 Å². The number of rotatable bonds is 3. The van der Waals surface area contributed by atoms with E-state index in [2.05, 4.69) is 25.4 Å². The van der Waals surface area contributed by atoms with Crippen LogP contribution in [-0.2, 0) is 6.54 Å². The lowest BCUT2D eigenvalue weighted by Gasteiger charge is -2.08. The first-order chi connectivity index (χ1) is 5.61. The molecular weight excluding hydrogens is 172 g/mol. The Labute approximate surface area is 77.9 Å². The zero-order chi connectivity index (χ0) is 9.14. The molecule has 3 heteroatoms. The lowest BCUT2D eigenvalue weighted by Crippen LogP contribution is -2.04. The summed E-state index contributed by atoms with van der Waals surface area (Å²) in [5.41, 5.74) is 0. The van der Waals surface area contributed by atoms with Crippen LogP contribution in [-0.4, -0.2) is 9.55 Å². The standard InChI is InChI=1S/C9H13ClN2/c1-7(2)9-11-4-5-12(9)6-8(3)10/h4-5,7H,3,6H2,1-2H3. The fourth-order valence-electron chi connectivity index (χ4n) is 1.14. The van der Waals surface area contributed by atoms with E-state index in [0.717, 1.165) is 5.82 Å². The van der Waals surface area contributed by atoms with Crippen LogP contribution in [0.3, 0.4) is 0 Å². The Morgan fingerprint density at radius 1 is 1.75 bits per heavy atom. The second kappa shape index (κ2) is 3.76. The summed E-state index contributed by atoms with van der Waals surface area (Å²) in [4.78, 5) is 4.23. The molecular formula is C9H13ClN2. The summed E-state index contributed by atoms with van der Waals surface area (Å²) in [7, 11) is 0. The van der Waals surface area contributed by atoms with Gasteiger partial charge in [-0.1, -0.05) is 32.0 Å². The molecule has 1 aromatic rings. The maximum atomic E-state index is 5.70. The fourth-order valence-corrected chi connectivity index (χ4v) is 1.27. The topological polar surface area (TPSA) is 17.8 Å². The molecule has 0 radical (unpaired) electrons. The number of hydrogen-bond acceptors (Lipinski definition) is 1. The van der Waals surface area contributed by atoms with Gasteiger partial charge in [0, 0.05) is 23.3 Å². The van der Waals surface area contributed by atoms with Crippen molar-refractivity contribution in [1.29, 1.82) is 0 Å². The van der Waals surface area contributed by atoms with Crippen LogP contribution in [0.5, 0.6) is 0 Å². The highest BCUT2D eigenvalue weighted by Gasteiger charge is 2.06. The molecule has 0 aliphatic carbocycles. The zero-order valence-electron chi connectivity index (χ0n) is 7.42. The van der Waals surface area contributed by atoms with Gasteiger partial charge in [-0.2, -0.15) is 0 Å². The summed E-state index contributed by atoms with van der Waals surface area (Å²) in [5.74, 6) is 1.48. The predicted molar refractivity (Wildman–Crippen MR) is 51.3 cm³/mol. The van der Waals surface area contributed by atoms with Crippen molar-refractivity contribution in [2.24, 2.45) is 0 Å². The van der Waals surface area contributed by atoms with Gasteiger partial charge in [0.1, 0.15) is 5.82 Å². The van der Waals surface area contributed by atoms with Crippen LogP contribution >= 0.6 is 11.6 Å². The third-order valence-electron chi connectivity index (χ3n) is 1.61. The zero-order valence-corrected chi connectivity index (χ0v) is 8.17. The molecule has 2 nitrogen and oxygen atoms in total. The number of allylic oxidation sites excluding steroid dienone is 1. The SMILES string of the molecule is C=C(Cl)Cn1ccnc1C(C)C. The molecule has 0 saturated carbocycles. The largest absolute Gasteiger partial charge is 0.329 e. The van der Waals surface area contributed by atoms with Crippen LogP contribution in [0.1, 0.15) is 25.6 Å². The van der Waals surface area contributed by atoms with Crippen LogP contribution in [0, 0.1) is 0 Å². The summed E-state index contributed by atoms with van der Waals surface area (Å²) in [6.45, 7) is 8.51. The van der Waals surface area contributed by atoms with E-state index in [1.54, 1.807) is 6.20 Å². The van der Waals surface area contributed by atoms with Gasteiger partial charge in [-0.15, -0.1) is 0 Å². The number of imidazole rings is 1. The van der Waals surface area contributed by atoms with Gasteiger partial charge in [-0.3, -0.25) is 0 Å². The first kappa shape index (κ1) is 9.33. The Bertz CT molecular complexity index is 276. The Morgan fingerprint density at radius 3 is 2.92 bits per heavy atom. The highest BCUT2D eigenvalue weighted by Crippen LogP contribution is 2.13. The Kier molecular flexibility index (Phi) is 2.93. The van der Waals surface area contributed by atoms with Gasteiger partial charge in [0.2, 0.25) is 0 Å². The Balaban J connectivity index is 2.84. The molecule has 0 unspecified atom stereocenters. The molecule has 0 fully saturated rings. The first-order valence-corrected chi connectivity index (χ1v) is 4.33. The number of nitrogens with zero attached hydrogens (tertiary/aromatic N) is 2. The Hall–Kier alpha value is -0.760. The quantitative estimate of drug-likeness (QED) is 0.707.